The number of carbonyl (C=O) groups is 1. The lowest BCUT2D eigenvalue weighted by atomic mass is 9.97. The Morgan fingerprint density at radius 1 is 1.12 bits per heavy atom. The van der Waals surface area contributed by atoms with Gasteiger partial charge in [-0.25, -0.2) is 9.97 Å². The third-order valence-electron chi connectivity index (χ3n) is 4.72. The zero-order valence-electron chi connectivity index (χ0n) is 14.2. The maximum absolute atomic E-state index is 11.1. The first-order valence-electron chi connectivity index (χ1n) is 8.61. The van der Waals surface area contributed by atoms with Gasteiger partial charge >= 0.3 is 5.97 Å². The van der Waals surface area contributed by atoms with Crippen LogP contribution < -0.4 is 10.2 Å². The molecule has 0 unspecified atom stereocenters. The number of aromatic nitrogens is 3. The lowest BCUT2D eigenvalue weighted by Gasteiger charge is -2.31. The highest BCUT2D eigenvalue weighted by molar-refractivity contribution is 5.91. The van der Waals surface area contributed by atoms with E-state index < -0.39 is 5.97 Å². The molecule has 1 aromatic carbocycles. The van der Waals surface area contributed by atoms with Gasteiger partial charge in [-0.1, -0.05) is 18.2 Å². The van der Waals surface area contributed by atoms with E-state index in [2.05, 4.69) is 25.2 Å². The number of hydrogen-bond acceptors (Lipinski definition) is 6. The molecule has 1 aliphatic heterocycles. The fraction of sp³-hybridized carbons (Fsp3) is 0.263. The first-order chi connectivity index (χ1) is 12.7. The molecule has 7 heteroatoms. The van der Waals surface area contributed by atoms with Gasteiger partial charge < -0.3 is 15.3 Å². The molecule has 0 bridgehead atoms. The number of anilines is 3. The van der Waals surface area contributed by atoms with Gasteiger partial charge in [-0.2, -0.15) is 0 Å². The molecule has 26 heavy (non-hydrogen) atoms. The lowest BCUT2D eigenvalue weighted by molar-refractivity contribution is -0.142. The van der Waals surface area contributed by atoms with Gasteiger partial charge in [-0.15, -0.1) is 0 Å². The molecular formula is C19H19N5O2. The van der Waals surface area contributed by atoms with Crippen LogP contribution >= 0.6 is 0 Å². The summed E-state index contributed by atoms with van der Waals surface area (Å²) in [5.74, 6) is 0.527. The maximum Gasteiger partial charge on any atom is 0.306 e. The van der Waals surface area contributed by atoms with Gasteiger partial charge in [0.05, 0.1) is 17.1 Å². The minimum Gasteiger partial charge on any atom is -0.481 e. The number of aliphatic carboxylic acids is 1. The first-order valence-corrected chi connectivity index (χ1v) is 8.61. The molecule has 0 atom stereocenters. The van der Waals surface area contributed by atoms with E-state index >= 15 is 0 Å². The molecule has 1 saturated heterocycles. The zero-order valence-corrected chi connectivity index (χ0v) is 14.2. The molecule has 0 aliphatic carbocycles. The molecule has 4 rings (SSSR count). The van der Waals surface area contributed by atoms with Crippen LogP contribution in [0.25, 0.3) is 10.9 Å². The van der Waals surface area contributed by atoms with Gasteiger partial charge in [0.1, 0.15) is 18.0 Å². The Morgan fingerprint density at radius 3 is 2.73 bits per heavy atom. The van der Waals surface area contributed by atoms with Crippen molar-refractivity contribution in [3.8, 4) is 0 Å². The monoisotopic (exact) mass is 349 g/mol. The van der Waals surface area contributed by atoms with Crippen LogP contribution in [-0.4, -0.2) is 39.1 Å². The Morgan fingerprint density at radius 2 is 1.92 bits per heavy atom. The highest BCUT2D eigenvalue weighted by Crippen LogP contribution is 2.26. The van der Waals surface area contributed by atoms with E-state index in [0.717, 1.165) is 22.4 Å². The van der Waals surface area contributed by atoms with Crippen molar-refractivity contribution in [3.63, 3.8) is 0 Å². The number of benzene rings is 1. The fourth-order valence-corrected chi connectivity index (χ4v) is 3.29. The van der Waals surface area contributed by atoms with Gasteiger partial charge in [0.25, 0.3) is 0 Å². The summed E-state index contributed by atoms with van der Waals surface area (Å²) < 4.78 is 0. The smallest absolute Gasteiger partial charge is 0.306 e. The number of piperidine rings is 1. The Kier molecular flexibility index (Phi) is 4.35. The average Bonchev–Trinajstić information content (AvgIpc) is 2.69. The minimum atomic E-state index is -0.710. The van der Waals surface area contributed by atoms with E-state index in [0.29, 0.717) is 31.7 Å². The summed E-state index contributed by atoms with van der Waals surface area (Å²) >= 11 is 0. The lowest BCUT2D eigenvalue weighted by Crippen LogP contribution is -2.36. The number of fused-ring (bicyclic) bond motifs is 1. The van der Waals surface area contributed by atoms with Crippen molar-refractivity contribution in [1.82, 2.24) is 15.0 Å². The summed E-state index contributed by atoms with van der Waals surface area (Å²) in [7, 11) is 0. The van der Waals surface area contributed by atoms with Crippen LogP contribution in [0.2, 0.25) is 0 Å². The van der Waals surface area contributed by atoms with Crippen LogP contribution in [0.3, 0.4) is 0 Å². The number of carboxylic acid groups (broad SMARTS) is 1. The van der Waals surface area contributed by atoms with Crippen molar-refractivity contribution in [3.05, 3.63) is 48.9 Å². The molecule has 2 N–H and O–H groups in total. The van der Waals surface area contributed by atoms with Crippen LogP contribution in [0.15, 0.2) is 48.9 Å². The summed E-state index contributed by atoms with van der Waals surface area (Å²) in [6, 6.07) is 11.8. The molecule has 2 aromatic heterocycles. The van der Waals surface area contributed by atoms with Crippen molar-refractivity contribution < 1.29 is 9.90 Å². The molecule has 3 heterocycles. The van der Waals surface area contributed by atoms with Gasteiger partial charge in [0.15, 0.2) is 0 Å². The van der Waals surface area contributed by atoms with E-state index in [1.54, 1.807) is 6.20 Å². The van der Waals surface area contributed by atoms with Crippen molar-refractivity contribution in [2.75, 3.05) is 23.3 Å². The Hall–Kier alpha value is -3.22. The second-order valence-corrected chi connectivity index (χ2v) is 6.37. The van der Waals surface area contributed by atoms with Crippen molar-refractivity contribution in [2.24, 2.45) is 5.92 Å². The topological polar surface area (TPSA) is 91.2 Å². The standard InChI is InChI=1S/C19H19N5O2/c25-19(26)14-6-9-24(10-7-14)17-11-16(21-12-22-17)23-15-5-1-3-13-4-2-8-20-18(13)15/h1-5,8,11-12,14H,6-7,9-10H2,(H,25,26)(H,21,22,23). The Labute approximate surface area is 150 Å². The number of nitrogens with zero attached hydrogens (tertiary/aromatic N) is 4. The summed E-state index contributed by atoms with van der Waals surface area (Å²) in [5.41, 5.74) is 1.77. The average molecular weight is 349 g/mol. The van der Waals surface area contributed by atoms with Crippen LogP contribution in [0.5, 0.6) is 0 Å². The fourth-order valence-electron chi connectivity index (χ4n) is 3.29. The first kappa shape index (κ1) is 16.3. The summed E-state index contributed by atoms with van der Waals surface area (Å²) in [4.78, 5) is 26.3. The number of hydrogen-bond donors (Lipinski definition) is 2. The molecule has 1 aliphatic rings. The molecular weight excluding hydrogens is 330 g/mol. The number of para-hydroxylation sites is 1. The van der Waals surface area contributed by atoms with E-state index in [-0.39, 0.29) is 5.92 Å². The van der Waals surface area contributed by atoms with E-state index in [1.165, 1.54) is 6.33 Å². The highest BCUT2D eigenvalue weighted by atomic mass is 16.4. The second-order valence-electron chi connectivity index (χ2n) is 6.37. The number of nitrogens with one attached hydrogen (secondary N) is 1. The quantitative estimate of drug-likeness (QED) is 0.748. The maximum atomic E-state index is 11.1. The molecule has 0 spiro atoms. The summed E-state index contributed by atoms with van der Waals surface area (Å²) in [6.07, 6.45) is 4.57. The number of carboxylic acids is 1. The molecule has 0 amide bonds. The van der Waals surface area contributed by atoms with Gasteiger partial charge in [0.2, 0.25) is 0 Å². The number of rotatable bonds is 4. The van der Waals surface area contributed by atoms with E-state index in [4.69, 9.17) is 5.11 Å². The molecule has 0 radical (unpaired) electrons. The van der Waals surface area contributed by atoms with Gasteiger partial charge in [-0.3, -0.25) is 9.78 Å². The van der Waals surface area contributed by atoms with Crippen LogP contribution in [0.4, 0.5) is 17.3 Å². The highest BCUT2D eigenvalue weighted by Gasteiger charge is 2.25. The minimum absolute atomic E-state index is 0.257. The molecule has 0 saturated carbocycles. The van der Waals surface area contributed by atoms with Crippen molar-refractivity contribution in [1.29, 1.82) is 0 Å². The van der Waals surface area contributed by atoms with Gasteiger partial charge in [0, 0.05) is 30.7 Å². The van der Waals surface area contributed by atoms with Crippen molar-refractivity contribution in [2.45, 2.75) is 12.8 Å². The molecule has 3 aromatic rings. The number of pyridine rings is 1. The SMILES string of the molecule is O=C(O)C1CCN(c2cc(Nc3cccc4cccnc34)ncn2)CC1. The molecule has 132 valence electrons. The van der Waals surface area contributed by atoms with Crippen LogP contribution in [0.1, 0.15) is 12.8 Å². The van der Waals surface area contributed by atoms with Crippen molar-refractivity contribution >= 4 is 34.2 Å². The third-order valence-corrected chi connectivity index (χ3v) is 4.72. The molecule has 1 fully saturated rings. The zero-order chi connectivity index (χ0) is 17.9. The third kappa shape index (κ3) is 3.28. The molecule has 7 nitrogen and oxygen atoms in total. The van der Waals surface area contributed by atoms with Gasteiger partial charge in [-0.05, 0) is 25.0 Å². The largest absolute Gasteiger partial charge is 0.481 e. The summed E-state index contributed by atoms with van der Waals surface area (Å²) in [6.45, 7) is 1.37. The Bertz CT molecular complexity index is 933. The second kappa shape index (κ2) is 6.95. The summed E-state index contributed by atoms with van der Waals surface area (Å²) in [5, 5.41) is 13.5. The predicted molar refractivity (Wildman–Crippen MR) is 99.6 cm³/mol. The normalized spacial score (nSPS) is 15.2. The van der Waals surface area contributed by atoms with E-state index in [1.807, 2.05) is 36.4 Å². The van der Waals surface area contributed by atoms with Crippen LogP contribution in [-0.2, 0) is 4.79 Å². The van der Waals surface area contributed by atoms with Crippen LogP contribution in [0, 0.1) is 5.92 Å². The predicted octanol–water partition coefficient (Wildman–Crippen LogP) is 3.07. The van der Waals surface area contributed by atoms with E-state index in [9.17, 15) is 4.79 Å². The Balaban J connectivity index is 1.54.